The first-order chi connectivity index (χ1) is 12.7. The predicted molar refractivity (Wildman–Crippen MR) is 97.3 cm³/mol. The minimum absolute atomic E-state index is 0.381. The van der Waals surface area contributed by atoms with Crippen LogP contribution in [0, 0.1) is 0 Å². The second kappa shape index (κ2) is 8.48. The number of benzene rings is 1. The number of tetrazole rings is 1. The summed E-state index contributed by atoms with van der Waals surface area (Å²) in [5.41, 5.74) is 1.95. The van der Waals surface area contributed by atoms with Gasteiger partial charge in [0, 0.05) is 25.4 Å². The highest BCUT2D eigenvalue weighted by atomic mass is 35.5. The Labute approximate surface area is 156 Å². The predicted octanol–water partition coefficient (Wildman–Crippen LogP) is 2.85. The van der Waals surface area contributed by atoms with E-state index >= 15 is 0 Å². The average molecular weight is 375 g/mol. The molecular formula is C17H19ClN6O2. The third-order valence-corrected chi connectivity index (χ3v) is 3.79. The van der Waals surface area contributed by atoms with Crippen LogP contribution < -0.4 is 14.8 Å². The van der Waals surface area contributed by atoms with Gasteiger partial charge in [0.05, 0.1) is 6.61 Å². The Kier molecular flexibility index (Phi) is 5.85. The van der Waals surface area contributed by atoms with Gasteiger partial charge in [0.15, 0.2) is 11.5 Å². The first-order valence-electron chi connectivity index (χ1n) is 8.11. The lowest BCUT2D eigenvalue weighted by Crippen LogP contribution is -2.06. The SMILES string of the molecule is CCOc1cc(CNc2nnnn2C)ccc1OCc1ccc(Cl)nc1. The Morgan fingerprint density at radius 2 is 1.96 bits per heavy atom. The van der Waals surface area contributed by atoms with Crippen molar-refractivity contribution in [1.29, 1.82) is 0 Å². The Balaban J connectivity index is 1.67. The molecule has 0 amide bonds. The molecule has 2 aromatic heterocycles. The van der Waals surface area contributed by atoms with E-state index in [1.807, 2.05) is 31.2 Å². The summed E-state index contributed by atoms with van der Waals surface area (Å²) in [6, 6.07) is 9.41. The van der Waals surface area contributed by atoms with Crippen LogP contribution in [0.15, 0.2) is 36.5 Å². The summed E-state index contributed by atoms with van der Waals surface area (Å²) < 4.78 is 13.2. The number of aryl methyl sites for hydroxylation is 1. The monoisotopic (exact) mass is 374 g/mol. The van der Waals surface area contributed by atoms with Crippen LogP contribution in [0.1, 0.15) is 18.1 Å². The highest BCUT2D eigenvalue weighted by Crippen LogP contribution is 2.29. The van der Waals surface area contributed by atoms with Gasteiger partial charge in [-0.15, -0.1) is 0 Å². The Morgan fingerprint density at radius 1 is 1.12 bits per heavy atom. The molecule has 1 N–H and O–H groups in total. The van der Waals surface area contributed by atoms with Crippen LogP contribution in [0.2, 0.25) is 5.15 Å². The van der Waals surface area contributed by atoms with Gasteiger partial charge in [-0.05, 0) is 41.1 Å². The smallest absolute Gasteiger partial charge is 0.242 e. The summed E-state index contributed by atoms with van der Waals surface area (Å²) in [6.07, 6.45) is 1.69. The van der Waals surface area contributed by atoms with E-state index < -0.39 is 0 Å². The van der Waals surface area contributed by atoms with E-state index in [9.17, 15) is 0 Å². The maximum Gasteiger partial charge on any atom is 0.242 e. The van der Waals surface area contributed by atoms with Crippen LogP contribution in [-0.2, 0) is 20.2 Å². The van der Waals surface area contributed by atoms with Crippen molar-refractivity contribution in [2.24, 2.45) is 7.05 Å². The van der Waals surface area contributed by atoms with Crippen molar-refractivity contribution >= 4 is 17.5 Å². The third-order valence-electron chi connectivity index (χ3n) is 3.56. The van der Waals surface area contributed by atoms with Crippen LogP contribution in [-0.4, -0.2) is 31.8 Å². The molecule has 26 heavy (non-hydrogen) atoms. The van der Waals surface area contributed by atoms with Crippen LogP contribution in [0.3, 0.4) is 0 Å². The Hall–Kier alpha value is -2.87. The molecule has 136 valence electrons. The molecule has 0 saturated heterocycles. The minimum Gasteiger partial charge on any atom is -0.490 e. The first kappa shape index (κ1) is 17.9. The molecule has 0 unspecified atom stereocenters. The molecule has 0 aliphatic rings. The van der Waals surface area contributed by atoms with Crippen molar-refractivity contribution in [2.75, 3.05) is 11.9 Å². The van der Waals surface area contributed by atoms with E-state index in [4.69, 9.17) is 21.1 Å². The van der Waals surface area contributed by atoms with Crippen molar-refractivity contribution in [2.45, 2.75) is 20.1 Å². The highest BCUT2D eigenvalue weighted by molar-refractivity contribution is 6.29. The van der Waals surface area contributed by atoms with Gasteiger partial charge in [0.2, 0.25) is 5.95 Å². The molecule has 0 saturated carbocycles. The molecule has 0 bridgehead atoms. The summed E-state index contributed by atoms with van der Waals surface area (Å²) in [4.78, 5) is 4.05. The van der Waals surface area contributed by atoms with E-state index in [-0.39, 0.29) is 0 Å². The molecule has 9 heteroatoms. The molecule has 0 atom stereocenters. The number of halogens is 1. The van der Waals surface area contributed by atoms with E-state index in [0.29, 0.717) is 42.4 Å². The van der Waals surface area contributed by atoms with Gasteiger partial charge in [-0.1, -0.05) is 28.8 Å². The average Bonchev–Trinajstić information content (AvgIpc) is 3.06. The fourth-order valence-corrected chi connectivity index (χ4v) is 2.38. The zero-order valence-electron chi connectivity index (χ0n) is 14.5. The number of aromatic nitrogens is 5. The Morgan fingerprint density at radius 3 is 2.65 bits per heavy atom. The number of nitrogens with zero attached hydrogens (tertiary/aromatic N) is 5. The lowest BCUT2D eigenvalue weighted by Gasteiger charge is -2.14. The summed E-state index contributed by atoms with van der Waals surface area (Å²) >= 11 is 5.80. The molecular weight excluding hydrogens is 356 g/mol. The number of ether oxygens (including phenoxy) is 2. The van der Waals surface area contributed by atoms with Crippen LogP contribution >= 0.6 is 11.6 Å². The van der Waals surface area contributed by atoms with Gasteiger partial charge < -0.3 is 14.8 Å². The molecule has 8 nitrogen and oxygen atoms in total. The van der Waals surface area contributed by atoms with Gasteiger partial charge in [0.1, 0.15) is 11.8 Å². The number of pyridine rings is 1. The van der Waals surface area contributed by atoms with Crippen molar-refractivity contribution in [3.8, 4) is 11.5 Å². The normalized spacial score (nSPS) is 10.6. The van der Waals surface area contributed by atoms with Crippen molar-refractivity contribution < 1.29 is 9.47 Å². The number of anilines is 1. The van der Waals surface area contributed by atoms with E-state index in [1.165, 1.54) is 0 Å². The quantitative estimate of drug-likeness (QED) is 0.606. The fourth-order valence-electron chi connectivity index (χ4n) is 2.26. The number of nitrogens with one attached hydrogen (secondary N) is 1. The summed E-state index contributed by atoms with van der Waals surface area (Å²) in [5.74, 6) is 1.95. The van der Waals surface area contributed by atoms with Crippen LogP contribution in [0.4, 0.5) is 5.95 Å². The number of hydrogen-bond acceptors (Lipinski definition) is 7. The lowest BCUT2D eigenvalue weighted by molar-refractivity contribution is 0.269. The van der Waals surface area contributed by atoms with Crippen molar-refractivity contribution in [1.82, 2.24) is 25.2 Å². The standard InChI is InChI=1S/C17H19ClN6O2/c1-3-25-15-8-12(9-20-17-21-22-23-24(17)2)4-6-14(15)26-11-13-5-7-16(18)19-10-13/h4-8,10H,3,9,11H2,1-2H3,(H,20,21,23). The molecule has 0 spiro atoms. The van der Waals surface area contributed by atoms with E-state index in [1.54, 1.807) is 24.0 Å². The number of hydrogen-bond donors (Lipinski definition) is 1. The molecule has 0 aliphatic heterocycles. The number of rotatable bonds is 8. The lowest BCUT2D eigenvalue weighted by atomic mass is 10.2. The van der Waals surface area contributed by atoms with E-state index in [2.05, 4.69) is 25.8 Å². The van der Waals surface area contributed by atoms with Crippen LogP contribution in [0.5, 0.6) is 11.5 Å². The minimum atomic E-state index is 0.381. The first-order valence-corrected chi connectivity index (χ1v) is 8.48. The maximum atomic E-state index is 5.88. The topological polar surface area (TPSA) is 87.0 Å². The molecule has 3 aromatic rings. The zero-order valence-corrected chi connectivity index (χ0v) is 15.3. The highest BCUT2D eigenvalue weighted by Gasteiger charge is 2.08. The fraction of sp³-hybridized carbons (Fsp3) is 0.294. The van der Waals surface area contributed by atoms with Gasteiger partial charge in [-0.3, -0.25) is 0 Å². The van der Waals surface area contributed by atoms with Crippen LogP contribution in [0.25, 0.3) is 0 Å². The van der Waals surface area contributed by atoms with Gasteiger partial charge >= 0.3 is 0 Å². The molecule has 0 aliphatic carbocycles. The zero-order chi connectivity index (χ0) is 18.4. The largest absolute Gasteiger partial charge is 0.490 e. The Bertz CT molecular complexity index is 853. The third kappa shape index (κ3) is 4.60. The van der Waals surface area contributed by atoms with Crippen molar-refractivity contribution in [3.63, 3.8) is 0 Å². The van der Waals surface area contributed by atoms with E-state index in [0.717, 1.165) is 11.1 Å². The second-order valence-corrected chi connectivity index (χ2v) is 5.86. The van der Waals surface area contributed by atoms with Gasteiger partial charge in [-0.25, -0.2) is 9.67 Å². The van der Waals surface area contributed by atoms with Gasteiger partial charge in [0.25, 0.3) is 0 Å². The second-order valence-electron chi connectivity index (χ2n) is 5.47. The molecule has 2 heterocycles. The molecule has 0 radical (unpaired) electrons. The summed E-state index contributed by atoms with van der Waals surface area (Å²) in [5, 5.41) is 14.9. The maximum absolute atomic E-state index is 5.88. The molecule has 0 fully saturated rings. The van der Waals surface area contributed by atoms with Gasteiger partial charge in [-0.2, -0.15) is 0 Å². The summed E-state index contributed by atoms with van der Waals surface area (Å²) in [7, 11) is 1.77. The van der Waals surface area contributed by atoms with Crippen molar-refractivity contribution in [3.05, 3.63) is 52.8 Å². The molecule has 1 aromatic carbocycles. The molecule has 3 rings (SSSR count). The summed E-state index contributed by atoms with van der Waals surface area (Å²) in [6.45, 7) is 3.42.